The highest BCUT2D eigenvalue weighted by atomic mass is 16.4. The van der Waals surface area contributed by atoms with Gasteiger partial charge in [0.1, 0.15) is 60.1 Å². The van der Waals surface area contributed by atoms with Gasteiger partial charge >= 0.3 is 11.9 Å². The number of aryl methyl sites for hydroxylation is 1. The first-order chi connectivity index (χ1) is 57.0. The molecule has 1 fully saturated rings. The number of aromatic hydroxyl groups is 1. The van der Waals surface area contributed by atoms with Crippen molar-refractivity contribution in [2.75, 3.05) is 111 Å². The monoisotopic (exact) mass is 1720 g/mol. The highest BCUT2D eigenvalue weighted by Crippen LogP contribution is 2.16. The number of phenolic OH excluding ortho intramolecular Hbond substituents is 1. The maximum atomic E-state index is 14.5. The summed E-state index contributed by atoms with van der Waals surface area (Å²) in [6.07, 6.45) is -1.98. The molecule has 680 valence electrons. The van der Waals surface area contributed by atoms with Gasteiger partial charge in [-0.3, -0.25) is 106 Å². The Bertz CT molecular complexity index is 3600. The molecule has 17 amide bonds. The van der Waals surface area contributed by atoms with Gasteiger partial charge in [0.15, 0.2) is 0 Å². The number of amides is 17. The maximum absolute atomic E-state index is 14.5. The molecule has 26 N–H and O–H groups in total. The molecule has 1 aromatic carbocycles. The van der Waals surface area contributed by atoms with Crippen LogP contribution in [0.1, 0.15) is 144 Å². The van der Waals surface area contributed by atoms with Gasteiger partial charge in [-0.15, -0.1) is 0 Å². The van der Waals surface area contributed by atoms with Crippen LogP contribution in [0.3, 0.4) is 0 Å². The third kappa shape index (κ3) is 45.1. The van der Waals surface area contributed by atoms with Crippen LogP contribution in [0.25, 0.3) is 0 Å². The lowest BCUT2D eigenvalue weighted by Crippen LogP contribution is -2.61. The average Bonchev–Trinajstić information content (AvgIpc) is 1.35. The second-order valence-electron chi connectivity index (χ2n) is 30.4. The molecule has 121 heavy (non-hydrogen) atoms. The first kappa shape index (κ1) is 106. The molecule has 0 aliphatic carbocycles. The first-order valence-electron chi connectivity index (χ1n) is 40.3. The number of hydrogen-bond acceptors (Lipinski definition) is 26. The van der Waals surface area contributed by atoms with E-state index in [0.29, 0.717) is 64.1 Å². The minimum absolute atomic E-state index is 0.00766. The first-order valence-corrected chi connectivity index (χ1v) is 40.3. The zero-order chi connectivity index (χ0) is 91.0. The molecule has 1 aromatic rings. The van der Waals surface area contributed by atoms with Crippen LogP contribution in [-0.2, 0) is 97.5 Å². The normalized spacial score (nSPS) is 15.1. The molecule has 2 rings (SSSR count). The van der Waals surface area contributed by atoms with Gasteiger partial charge in [-0.1, -0.05) is 46.8 Å². The fourth-order valence-corrected chi connectivity index (χ4v) is 12.4. The quantitative estimate of drug-likeness (QED) is 0.0269. The number of carbonyl (C=O) groups is 19. The molecular formula is C76H127N21O24. The lowest BCUT2D eigenvalue weighted by molar-refractivity contribution is -0.141. The van der Waals surface area contributed by atoms with Crippen molar-refractivity contribution in [2.45, 2.75) is 205 Å². The number of hydrogen-bond donors (Lipinski definition) is 22. The summed E-state index contributed by atoms with van der Waals surface area (Å²) in [5.41, 5.74) is 22.6. The predicted molar refractivity (Wildman–Crippen MR) is 433 cm³/mol. The molecule has 2 unspecified atom stereocenters. The van der Waals surface area contributed by atoms with Gasteiger partial charge in [0.25, 0.3) is 0 Å². The number of carbonyl (C=O) groups excluding carboxylic acids is 17. The summed E-state index contributed by atoms with van der Waals surface area (Å²) in [4.78, 5) is 255. The largest absolute Gasteiger partial charge is 0.508 e. The molecule has 10 atom stereocenters. The fraction of sp³-hybridized carbons (Fsp3) is 0.671. The summed E-state index contributed by atoms with van der Waals surface area (Å²) < 4.78 is 0. The number of carboxylic acid groups (broad SMARTS) is 2. The molecule has 45 nitrogen and oxygen atoms in total. The molecular weight excluding hydrogens is 1590 g/mol. The van der Waals surface area contributed by atoms with Crippen LogP contribution in [-0.4, -0.2) is 329 Å². The van der Waals surface area contributed by atoms with Crippen LogP contribution >= 0.6 is 0 Å². The van der Waals surface area contributed by atoms with Gasteiger partial charge in [-0.2, -0.15) is 0 Å². The number of nitrogens with one attached hydrogen (secondary N) is 13. The van der Waals surface area contributed by atoms with E-state index in [1.807, 2.05) is 0 Å². The molecule has 1 saturated heterocycles. The molecule has 1 heterocycles. The molecule has 45 heteroatoms. The molecule has 1 aliphatic heterocycles. The number of carboxylic acids is 2. The lowest BCUT2D eigenvalue weighted by Gasteiger charge is -2.30. The van der Waals surface area contributed by atoms with Crippen molar-refractivity contribution >= 4 is 112 Å². The Morgan fingerprint density at radius 3 is 1.30 bits per heavy atom. The molecule has 0 saturated carbocycles. The second-order valence-corrected chi connectivity index (χ2v) is 30.4. The Balaban J connectivity index is 2.30. The van der Waals surface area contributed by atoms with E-state index >= 15 is 0 Å². The number of rotatable bonds is 58. The van der Waals surface area contributed by atoms with Crippen LogP contribution in [0.2, 0.25) is 0 Å². The van der Waals surface area contributed by atoms with E-state index in [2.05, 4.69) is 69.1 Å². The summed E-state index contributed by atoms with van der Waals surface area (Å²) in [5.74, 6) is -18.0. The van der Waals surface area contributed by atoms with Crippen molar-refractivity contribution in [2.24, 2.45) is 34.8 Å². The van der Waals surface area contributed by atoms with Crippen molar-refractivity contribution in [3.8, 4) is 5.75 Å². The van der Waals surface area contributed by atoms with Crippen molar-refractivity contribution < 1.29 is 117 Å². The number of nitrogens with two attached hydrogens (primary N) is 4. The van der Waals surface area contributed by atoms with Crippen LogP contribution < -0.4 is 92.1 Å². The number of aliphatic hydroxyl groups is 2. The fourth-order valence-electron chi connectivity index (χ4n) is 12.4. The Kier molecular flexibility index (Phi) is 49.9. The van der Waals surface area contributed by atoms with Gasteiger partial charge < -0.3 is 122 Å². The number of unbranched alkanes of at least 4 members (excludes halogenated alkanes) is 2. The van der Waals surface area contributed by atoms with E-state index in [-0.39, 0.29) is 127 Å². The summed E-state index contributed by atoms with van der Waals surface area (Å²) in [6, 6.07) is -7.76. The maximum Gasteiger partial charge on any atom is 0.317 e. The van der Waals surface area contributed by atoms with Gasteiger partial charge in [-0.05, 0) is 126 Å². The number of phenols is 1. The second kappa shape index (κ2) is 57.0. The van der Waals surface area contributed by atoms with Crippen LogP contribution in [0.5, 0.6) is 5.75 Å². The van der Waals surface area contributed by atoms with E-state index in [9.17, 15) is 117 Å². The minimum atomic E-state index is -1.85. The lowest BCUT2D eigenvalue weighted by atomic mass is 9.99. The molecule has 0 radical (unpaired) electrons. The number of aliphatic hydroxyl groups excluding tert-OH is 2. The van der Waals surface area contributed by atoms with Gasteiger partial charge in [0.05, 0.1) is 58.5 Å². The Morgan fingerprint density at radius 2 is 0.860 bits per heavy atom. The van der Waals surface area contributed by atoms with Gasteiger partial charge in [-0.25, -0.2) is 0 Å². The topological polar surface area (TPSA) is 699 Å². The highest BCUT2D eigenvalue weighted by Gasteiger charge is 2.37. The third-order valence-electron chi connectivity index (χ3n) is 18.8. The van der Waals surface area contributed by atoms with Crippen molar-refractivity contribution in [1.29, 1.82) is 0 Å². The van der Waals surface area contributed by atoms with E-state index in [1.165, 1.54) is 24.3 Å². The van der Waals surface area contributed by atoms with E-state index in [4.69, 9.17) is 22.9 Å². The summed E-state index contributed by atoms with van der Waals surface area (Å²) in [6.45, 7) is 8.27. The number of benzene rings is 1. The number of aliphatic carboxylic acids is 2. The summed E-state index contributed by atoms with van der Waals surface area (Å²) >= 11 is 0. The highest BCUT2D eigenvalue weighted by molar-refractivity contribution is 5.99. The smallest absolute Gasteiger partial charge is 0.317 e. The molecule has 0 aromatic heterocycles. The SMILES string of the molecule is CCCN(CC(=O)N[C@@H](CCc1ccc(O)cc1)C(=O)N[C@H](C(=O)N[C@@H](CC(C)C)C(=O)N[C@@H](CC(C)C)C(=O)N[C@@H](CCCCN)C(=O)NC(CCCCNC(=O)CN1CCN(CC(=O)O)CCN(CC(=O)O)CC1)C(N)=O)C(C)O)C(=O)[C@H](CO)NC(=O)CNC(=O)[C@H](CCC(N)=O)NC(=O)CNC(=O)[C@H](CCC(N)=O)NC(=O)CNC(C)=O. The number of nitrogens with zero attached hydrogens (tertiary/aromatic N) is 4. The van der Waals surface area contributed by atoms with E-state index in [1.54, 1.807) is 49.3 Å². The van der Waals surface area contributed by atoms with Crippen LogP contribution in [0.4, 0.5) is 0 Å². The number of primary amides is 3. The van der Waals surface area contributed by atoms with Gasteiger partial charge in [0, 0.05) is 72.1 Å². The van der Waals surface area contributed by atoms with Crippen LogP contribution in [0.15, 0.2) is 24.3 Å². The van der Waals surface area contributed by atoms with Crippen LogP contribution in [0, 0.1) is 11.8 Å². The van der Waals surface area contributed by atoms with Crippen molar-refractivity contribution in [3.05, 3.63) is 29.8 Å². The minimum Gasteiger partial charge on any atom is -0.508 e. The van der Waals surface area contributed by atoms with E-state index < -0.39 is 213 Å². The zero-order valence-electron chi connectivity index (χ0n) is 70.0. The molecule has 0 spiro atoms. The third-order valence-corrected chi connectivity index (χ3v) is 18.8. The standard InChI is InChI=1S/C76H127N21O24/c1-8-27-97(76(121)57(43-98)88-62(106)38-84-70(115)53(22-24-59(79)103)86-61(105)37-83-69(114)52(21-23-58(78)102)85-60(104)36-82-47(7)100)40-64(108)87-54(20-17-48-15-18-49(101)19-16-48)72(117)93-67(46(6)99)75(120)92-56(35-45(4)5)74(119)91-55(34-44(2)3)73(118)90-51(14-9-11-25-77)71(116)89-50(68(80)113)13-10-12-26-81-63(107)39-94-28-30-95(41-65(109)110)32-33-96(31-29-94)42-66(111)112/h15-16,18-19,44-46,50-57,67,98-99,101H,8-14,17,20-43,77H2,1-7H3,(H2,78,102)(H2,79,103)(H2,80,113)(H,81,107)(H,82,100)(H,83,114)(H,84,115)(H,85,104)(H,86,105)(H,87,108)(H,88,106)(H,89,116)(H,90,118)(H,91,119)(H,92,120)(H,93,117)(H,109,110)(H,111,112)/t46?,50?,51-,52-,53-,54-,55-,56-,57-,67-/m0/s1. The predicted octanol–water partition coefficient (Wildman–Crippen LogP) is -8.72. The Morgan fingerprint density at radius 1 is 0.455 bits per heavy atom. The van der Waals surface area contributed by atoms with E-state index in [0.717, 1.165) is 18.7 Å². The van der Waals surface area contributed by atoms with Crippen molar-refractivity contribution in [1.82, 2.24) is 88.7 Å². The molecule has 1 aliphatic rings. The zero-order valence-corrected chi connectivity index (χ0v) is 70.0. The Hall–Kier alpha value is -11.3. The average molecular weight is 1720 g/mol. The Labute approximate surface area is 702 Å². The molecule has 0 bridgehead atoms. The van der Waals surface area contributed by atoms with Gasteiger partial charge in [0.2, 0.25) is 100 Å². The summed E-state index contributed by atoms with van der Waals surface area (Å²) in [5, 5.41) is 82.3. The van der Waals surface area contributed by atoms with Crippen molar-refractivity contribution in [3.63, 3.8) is 0 Å². The summed E-state index contributed by atoms with van der Waals surface area (Å²) in [7, 11) is 0.